The predicted molar refractivity (Wildman–Crippen MR) is 127 cm³/mol. The molecule has 0 unspecified atom stereocenters. The number of pyridine rings is 1. The third kappa shape index (κ3) is 6.01. The normalized spacial score (nSPS) is 15.1. The van der Waals surface area contributed by atoms with Gasteiger partial charge in [-0.15, -0.1) is 0 Å². The smallest absolute Gasteiger partial charge is 0.475 e. The molecule has 13 heteroatoms. The molecule has 37 heavy (non-hydrogen) atoms. The van der Waals surface area contributed by atoms with Crippen molar-refractivity contribution in [2.75, 3.05) is 13.1 Å². The summed E-state index contributed by atoms with van der Waals surface area (Å²) in [5, 5.41) is 25.9. The molecule has 4 heterocycles. The van der Waals surface area contributed by atoms with Gasteiger partial charge in [0, 0.05) is 5.56 Å². The number of piperidine rings is 1. The van der Waals surface area contributed by atoms with Crippen LogP contribution < -0.4 is 10.9 Å². The molecule has 0 atom stereocenters. The molecule has 10 nitrogen and oxygen atoms in total. The highest BCUT2D eigenvalue weighted by Crippen LogP contribution is 2.21. The summed E-state index contributed by atoms with van der Waals surface area (Å²) >= 11 is 0. The third-order valence-corrected chi connectivity index (χ3v) is 5.86. The molecular weight excluding hydrogens is 493 g/mol. The number of hydrogen-bond donors (Lipinski definition) is 3. The van der Waals surface area contributed by atoms with Gasteiger partial charge in [-0.3, -0.25) is 14.3 Å². The van der Waals surface area contributed by atoms with Crippen molar-refractivity contribution in [1.29, 1.82) is 0 Å². The Balaban J connectivity index is 0.000000405. The average Bonchev–Trinajstić information content (AvgIpc) is 3.31. The molecule has 0 radical (unpaired) electrons. The largest absolute Gasteiger partial charge is 0.490 e. The van der Waals surface area contributed by atoms with Gasteiger partial charge in [-0.2, -0.15) is 18.3 Å². The fourth-order valence-electron chi connectivity index (χ4n) is 3.91. The molecule has 1 saturated heterocycles. The van der Waals surface area contributed by atoms with E-state index < -0.39 is 17.7 Å². The number of fused-ring (bicyclic) bond motifs is 1. The van der Waals surface area contributed by atoms with Crippen LogP contribution in [-0.4, -0.2) is 65.4 Å². The van der Waals surface area contributed by atoms with Gasteiger partial charge >= 0.3 is 12.1 Å². The quantitative estimate of drug-likeness (QED) is 0.376. The SMILES string of the molecule is O=C(O)C(F)(F)F.O=c1c2cnn(-c3ccc(-c4ccccc4)nc3)c2ncn1CC1(O)CCNCC1. The molecule has 1 fully saturated rings. The fourth-order valence-corrected chi connectivity index (χ4v) is 3.91. The number of alkyl halides is 3. The van der Waals surface area contributed by atoms with E-state index in [-0.39, 0.29) is 12.1 Å². The molecule has 0 aliphatic carbocycles. The first kappa shape index (κ1) is 26.0. The average molecular weight is 516 g/mol. The van der Waals surface area contributed by atoms with Crippen molar-refractivity contribution in [2.24, 2.45) is 0 Å². The van der Waals surface area contributed by atoms with Crippen LogP contribution in [0.3, 0.4) is 0 Å². The van der Waals surface area contributed by atoms with Gasteiger partial charge in [0.15, 0.2) is 5.65 Å². The van der Waals surface area contributed by atoms with Crippen LogP contribution in [0.15, 0.2) is 66.0 Å². The standard InChI is InChI=1S/C22H22N6O2.C2HF3O2/c29-21-18-13-26-28(17-6-7-19(24-12-17)16-4-2-1-3-5-16)20(18)25-15-27(21)14-22(30)8-10-23-11-9-22;3-2(4,5)1(6)7/h1-7,12-13,15,23,30H,8-11,14H2;(H,6,7). The van der Waals surface area contributed by atoms with Crippen LogP contribution in [0.1, 0.15) is 12.8 Å². The van der Waals surface area contributed by atoms with Gasteiger partial charge in [-0.1, -0.05) is 30.3 Å². The Morgan fingerprint density at radius 2 is 1.73 bits per heavy atom. The summed E-state index contributed by atoms with van der Waals surface area (Å²) in [4.78, 5) is 30.8. The number of rotatable bonds is 4. The fraction of sp³-hybridized carbons (Fsp3) is 0.292. The molecular formula is C24H23F3N6O4. The number of aliphatic carboxylic acids is 1. The monoisotopic (exact) mass is 516 g/mol. The highest BCUT2D eigenvalue weighted by atomic mass is 19.4. The van der Waals surface area contributed by atoms with E-state index >= 15 is 0 Å². The summed E-state index contributed by atoms with van der Waals surface area (Å²) in [5.41, 5.74) is 2.01. The number of aromatic nitrogens is 5. The molecule has 0 bridgehead atoms. The zero-order chi connectivity index (χ0) is 26.6. The zero-order valence-corrected chi connectivity index (χ0v) is 19.4. The van der Waals surface area contributed by atoms with Gasteiger partial charge in [-0.05, 0) is 38.1 Å². The number of aliphatic hydroxyl groups is 1. The third-order valence-electron chi connectivity index (χ3n) is 5.86. The molecule has 1 aliphatic heterocycles. The number of nitrogens with one attached hydrogen (secondary N) is 1. The van der Waals surface area contributed by atoms with Gasteiger partial charge in [0.2, 0.25) is 0 Å². The summed E-state index contributed by atoms with van der Waals surface area (Å²) in [6.07, 6.45) is 0.874. The molecule has 5 rings (SSSR count). The first-order valence-electron chi connectivity index (χ1n) is 11.3. The highest BCUT2D eigenvalue weighted by molar-refractivity contribution is 5.75. The minimum atomic E-state index is -5.08. The summed E-state index contributed by atoms with van der Waals surface area (Å²) < 4.78 is 34.8. The van der Waals surface area contributed by atoms with Crippen molar-refractivity contribution < 1.29 is 28.2 Å². The van der Waals surface area contributed by atoms with E-state index in [9.17, 15) is 23.1 Å². The Labute approximate surface area is 208 Å². The van der Waals surface area contributed by atoms with Crippen molar-refractivity contribution in [3.63, 3.8) is 0 Å². The van der Waals surface area contributed by atoms with Crippen LogP contribution >= 0.6 is 0 Å². The van der Waals surface area contributed by atoms with Crippen LogP contribution in [0.5, 0.6) is 0 Å². The van der Waals surface area contributed by atoms with Crippen molar-refractivity contribution >= 4 is 17.0 Å². The lowest BCUT2D eigenvalue weighted by Gasteiger charge is -2.32. The summed E-state index contributed by atoms with van der Waals surface area (Å²) in [6.45, 7) is 1.71. The van der Waals surface area contributed by atoms with Crippen LogP contribution in [0.25, 0.3) is 28.0 Å². The molecule has 3 aromatic heterocycles. The summed E-state index contributed by atoms with van der Waals surface area (Å²) in [7, 11) is 0. The second-order valence-electron chi connectivity index (χ2n) is 8.52. The lowest BCUT2D eigenvalue weighted by Crippen LogP contribution is -2.46. The van der Waals surface area contributed by atoms with Gasteiger partial charge in [0.25, 0.3) is 5.56 Å². The molecule has 194 valence electrons. The lowest BCUT2D eigenvalue weighted by molar-refractivity contribution is -0.192. The van der Waals surface area contributed by atoms with E-state index in [1.165, 1.54) is 17.1 Å². The van der Waals surface area contributed by atoms with E-state index in [0.29, 0.717) is 23.9 Å². The highest BCUT2D eigenvalue weighted by Gasteiger charge is 2.38. The maximum Gasteiger partial charge on any atom is 0.490 e. The zero-order valence-electron chi connectivity index (χ0n) is 19.4. The van der Waals surface area contributed by atoms with Gasteiger partial charge in [0.05, 0.1) is 35.9 Å². The van der Waals surface area contributed by atoms with Gasteiger partial charge in [0.1, 0.15) is 11.7 Å². The predicted octanol–water partition coefficient (Wildman–Crippen LogP) is 2.39. The van der Waals surface area contributed by atoms with Crippen LogP contribution in [0.4, 0.5) is 13.2 Å². The van der Waals surface area contributed by atoms with E-state index in [1.54, 1.807) is 10.9 Å². The number of carboxylic acid groups (broad SMARTS) is 1. The Bertz CT molecular complexity index is 1430. The molecule has 1 aromatic carbocycles. The van der Waals surface area contributed by atoms with Crippen LogP contribution in [0.2, 0.25) is 0 Å². The number of carboxylic acids is 1. The molecule has 4 aromatic rings. The van der Waals surface area contributed by atoms with Crippen molar-refractivity contribution in [3.8, 4) is 16.9 Å². The second-order valence-corrected chi connectivity index (χ2v) is 8.52. The minimum Gasteiger partial charge on any atom is -0.475 e. The van der Waals surface area contributed by atoms with Crippen molar-refractivity contribution in [1.82, 2.24) is 29.6 Å². The minimum absolute atomic E-state index is 0.202. The number of hydrogen-bond acceptors (Lipinski definition) is 7. The molecule has 0 spiro atoms. The Morgan fingerprint density at radius 3 is 2.32 bits per heavy atom. The number of carbonyl (C=O) groups is 1. The van der Waals surface area contributed by atoms with E-state index in [0.717, 1.165) is 30.0 Å². The van der Waals surface area contributed by atoms with E-state index in [1.807, 2.05) is 42.5 Å². The number of nitrogens with zero attached hydrogens (tertiary/aromatic N) is 5. The van der Waals surface area contributed by atoms with Gasteiger partial charge < -0.3 is 15.5 Å². The van der Waals surface area contributed by atoms with Crippen molar-refractivity contribution in [3.05, 3.63) is 71.5 Å². The number of benzene rings is 1. The molecule has 3 N–H and O–H groups in total. The molecule has 1 aliphatic rings. The Morgan fingerprint density at radius 1 is 1.05 bits per heavy atom. The van der Waals surface area contributed by atoms with E-state index in [4.69, 9.17) is 9.90 Å². The summed E-state index contributed by atoms with van der Waals surface area (Å²) in [6, 6.07) is 13.8. The first-order chi connectivity index (χ1) is 17.6. The van der Waals surface area contributed by atoms with E-state index in [2.05, 4.69) is 20.4 Å². The maximum absolute atomic E-state index is 13.0. The van der Waals surface area contributed by atoms with Crippen LogP contribution in [-0.2, 0) is 11.3 Å². The Kier molecular flexibility index (Phi) is 7.36. The van der Waals surface area contributed by atoms with Crippen LogP contribution in [0, 0.1) is 0 Å². The Hall–Kier alpha value is -4.10. The maximum atomic E-state index is 13.0. The number of halogens is 3. The first-order valence-corrected chi connectivity index (χ1v) is 11.3. The van der Waals surface area contributed by atoms with Gasteiger partial charge in [-0.25, -0.2) is 14.5 Å². The lowest BCUT2D eigenvalue weighted by atomic mass is 9.92. The summed E-state index contributed by atoms with van der Waals surface area (Å²) in [5.74, 6) is -2.76. The van der Waals surface area contributed by atoms with Crippen molar-refractivity contribution in [2.45, 2.75) is 31.2 Å². The molecule has 0 amide bonds. The topological polar surface area (TPSA) is 135 Å². The molecule has 0 saturated carbocycles. The second kappa shape index (κ2) is 10.5.